The summed E-state index contributed by atoms with van der Waals surface area (Å²) >= 11 is 0. The zero-order chi connectivity index (χ0) is 14.6. The summed E-state index contributed by atoms with van der Waals surface area (Å²) in [5.74, 6) is 0. The molecule has 0 radical (unpaired) electrons. The molecule has 0 amide bonds. The maximum Gasteiger partial charge on any atom is 0.185 e. The molecule has 1 aliphatic carbocycles. The first-order chi connectivity index (χ1) is 8.48. The summed E-state index contributed by atoms with van der Waals surface area (Å²) in [5, 5.41) is 7.05. The first-order valence-corrected chi connectivity index (χ1v) is 13.5. The van der Waals surface area contributed by atoms with Crippen molar-refractivity contribution in [3.05, 3.63) is 22.2 Å². The van der Waals surface area contributed by atoms with E-state index in [0.717, 1.165) is 0 Å². The van der Waals surface area contributed by atoms with E-state index in [-0.39, 0.29) is 11.6 Å². The second-order valence-electron chi connectivity index (χ2n) is 8.08. The third-order valence-corrected chi connectivity index (χ3v) is 9.30. The molecule has 0 saturated carbocycles. The minimum absolute atomic E-state index is 0.109. The van der Waals surface area contributed by atoms with E-state index in [2.05, 4.69) is 65.3 Å². The predicted molar refractivity (Wildman–Crippen MR) is 88.3 cm³/mol. The van der Waals surface area contributed by atoms with Gasteiger partial charge >= 0.3 is 0 Å². The van der Waals surface area contributed by atoms with Gasteiger partial charge in [0.05, 0.1) is 0 Å². The van der Waals surface area contributed by atoms with Crippen molar-refractivity contribution in [1.82, 2.24) is 5.32 Å². The van der Waals surface area contributed by atoms with Crippen LogP contribution in [0, 0.1) is 0 Å². The molecule has 2 unspecified atom stereocenters. The van der Waals surface area contributed by atoms with E-state index in [1.807, 2.05) is 0 Å². The van der Waals surface area contributed by atoms with Gasteiger partial charge in [0.2, 0.25) is 0 Å². The first kappa shape index (κ1) is 15.1. The number of fused-ring (bicyclic) bond motifs is 1. The van der Waals surface area contributed by atoms with E-state index in [9.17, 15) is 0 Å². The van der Waals surface area contributed by atoms with Crippen LogP contribution in [0.3, 0.4) is 0 Å². The Morgan fingerprint density at radius 1 is 1.32 bits per heavy atom. The number of hydrogen-bond donors (Lipinski definition) is 1. The maximum absolute atomic E-state index is 6.36. The highest BCUT2D eigenvalue weighted by atomic mass is 28.4. The summed E-state index contributed by atoms with van der Waals surface area (Å²) in [4.78, 5) is 0. The van der Waals surface area contributed by atoms with Crippen molar-refractivity contribution in [2.45, 2.75) is 71.6 Å². The lowest BCUT2D eigenvalue weighted by atomic mass is 10.1. The van der Waals surface area contributed by atoms with Gasteiger partial charge in [-0.15, -0.1) is 0 Å². The molecule has 0 spiro atoms. The molecule has 1 heterocycles. The average molecular weight is 296 g/mol. The van der Waals surface area contributed by atoms with Crippen LogP contribution in [0.25, 0.3) is 0 Å². The van der Waals surface area contributed by atoms with E-state index in [1.165, 1.54) is 11.7 Å². The molecule has 4 heteroatoms. The molecular formula is C15H29NOSi2. The fourth-order valence-electron chi connectivity index (χ4n) is 2.91. The van der Waals surface area contributed by atoms with Gasteiger partial charge in [-0.05, 0) is 45.6 Å². The standard InChI is InChI=1S/C15H29NOSi2/c1-9-19(8)12-10-11(17-18(5,6)7)13(14(12)19)16-15(2,3)4/h10-11,16H,9H2,1-8H3. The van der Waals surface area contributed by atoms with Crippen LogP contribution in [0.4, 0.5) is 0 Å². The molecule has 0 bridgehead atoms. The molecule has 1 fully saturated rings. The molecule has 0 aromatic carbocycles. The average Bonchev–Trinajstić information content (AvgIpc) is 2.59. The number of hydrogen-bond acceptors (Lipinski definition) is 2. The topological polar surface area (TPSA) is 21.3 Å². The largest absolute Gasteiger partial charge is 0.406 e. The van der Waals surface area contributed by atoms with Crippen LogP contribution >= 0.6 is 0 Å². The summed E-state index contributed by atoms with van der Waals surface area (Å²) in [7, 11) is -2.70. The highest BCUT2D eigenvalue weighted by molar-refractivity contribution is 7.07. The van der Waals surface area contributed by atoms with Crippen LogP contribution < -0.4 is 5.32 Å². The van der Waals surface area contributed by atoms with E-state index in [4.69, 9.17) is 4.43 Å². The van der Waals surface area contributed by atoms with Gasteiger partial charge < -0.3 is 9.74 Å². The van der Waals surface area contributed by atoms with E-state index in [0.29, 0.717) is 0 Å². The van der Waals surface area contributed by atoms with Crippen molar-refractivity contribution in [2.24, 2.45) is 0 Å². The highest BCUT2D eigenvalue weighted by Gasteiger charge is 2.57. The highest BCUT2D eigenvalue weighted by Crippen LogP contribution is 2.56. The SMILES string of the molecule is CC[Si]1(C)C2=CC(O[Si](C)(C)C)C(NC(C)(C)C)=C21. The maximum atomic E-state index is 6.36. The van der Waals surface area contributed by atoms with Crippen LogP contribution in [-0.2, 0) is 4.43 Å². The normalized spacial score (nSPS) is 30.3. The molecule has 2 aliphatic rings. The predicted octanol–water partition coefficient (Wildman–Crippen LogP) is 3.98. The molecule has 0 aromatic rings. The molecule has 1 saturated heterocycles. The van der Waals surface area contributed by atoms with Crippen LogP contribution in [0.15, 0.2) is 22.2 Å². The Morgan fingerprint density at radius 2 is 1.89 bits per heavy atom. The lowest BCUT2D eigenvalue weighted by molar-refractivity contribution is 0.259. The minimum atomic E-state index is -1.51. The van der Waals surface area contributed by atoms with Gasteiger partial charge in [-0.2, -0.15) is 0 Å². The summed E-state index contributed by atoms with van der Waals surface area (Å²) in [6.07, 6.45) is 2.61. The van der Waals surface area contributed by atoms with Crippen molar-refractivity contribution in [1.29, 1.82) is 0 Å². The third-order valence-electron chi connectivity index (χ3n) is 3.92. The Labute approximate surface area is 120 Å². The van der Waals surface area contributed by atoms with Crippen molar-refractivity contribution in [3.63, 3.8) is 0 Å². The number of nitrogens with one attached hydrogen (secondary N) is 1. The molecule has 1 aliphatic heterocycles. The van der Waals surface area contributed by atoms with Gasteiger partial charge in [0.1, 0.15) is 14.2 Å². The van der Waals surface area contributed by atoms with E-state index >= 15 is 0 Å². The molecule has 19 heavy (non-hydrogen) atoms. The van der Waals surface area contributed by atoms with Crippen molar-refractivity contribution in [3.8, 4) is 0 Å². The Kier molecular flexibility index (Phi) is 3.44. The van der Waals surface area contributed by atoms with E-state index in [1.54, 1.807) is 10.4 Å². The Bertz CT molecular complexity index is 454. The fraction of sp³-hybridized carbons (Fsp3) is 0.733. The van der Waals surface area contributed by atoms with Gasteiger partial charge in [-0.3, -0.25) is 0 Å². The van der Waals surface area contributed by atoms with Gasteiger partial charge in [-0.1, -0.05) is 30.8 Å². The van der Waals surface area contributed by atoms with Crippen molar-refractivity contribution in [2.75, 3.05) is 0 Å². The quantitative estimate of drug-likeness (QED) is 0.792. The smallest absolute Gasteiger partial charge is 0.185 e. The van der Waals surface area contributed by atoms with Crippen molar-refractivity contribution < 1.29 is 4.43 Å². The second kappa shape index (κ2) is 4.33. The third kappa shape index (κ3) is 2.90. The van der Waals surface area contributed by atoms with Crippen molar-refractivity contribution >= 4 is 16.4 Å². The molecular weight excluding hydrogens is 266 g/mol. The summed E-state index contributed by atoms with van der Waals surface area (Å²) in [6.45, 7) is 18.3. The molecule has 1 N–H and O–H groups in total. The summed E-state index contributed by atoms with van der Waals surface area (Å²) < 4.78 is 6.36. The Hall–Kier alpha value is -0.326. The lowest BCUT2D eigenvalue weighted by Crippen LogP contribution is -2.42. The van der Waals surface area contributed by atoms with Crippen LogP contribution in [0.2, 0.25) is 32.2 Å². The summed E-state index contributed by atoms with van der Waals surface area (Å²) in [5.41, 5.74) is 1.50. The zero-order valence-electron chi connectivity index (χ0n) is 13.8. The minimum Gasteiger partial charge on any atom is -0.406 e. The number of allylic oxidation sites excluding steroid dienone is 2. The molecule has 0 aromatic heterocycles. The van der Waals surface area contributed by atoms with Crippen LogP contribution in [0.1, 0.15) is 27.7 Å². The Balaban J connectivity index is 2.27. The monoisotopic (exact) mass is 295 g/mol. The fourth-order valence-corrected chi connectivity index (χ4v) is 7.64. The molecule has 2 atom stereocenters. The Morgan fingerprint density at radius 3 is 2.32 bits per heavy atom. The number of rotatable bonds is 4. The van der Waals surface area contributed by atoms with Crippen LogP contribution in [-0.4, -0.2) is 28.0 Å². The van der Waals surface area contributed by atoms with E-state index < -0.39 is 16.4 Å². The van der Waals surface area contributed by atoms with Gasteiger partial charge in [0, 0.05) is 11.2 Å². The summed E-state index contributed by atoms with van der Waals surface area (Å²) in [6, 6.07) is 1.32. The van der Waals surface area contributed by atoms with Crippen LogP contribution in [0.5, 0.6) is 0 Å². The molecule has 108 valence electrons. The molecule has 2 rings (SSSR count). The second-order valence-corrected chi connectivity index (χ2v) is 17.0. The molecule has 2 nitrogen and oxygen atoms in total. The lowest BCUT2D eigenvalue weighted by Gasteiger charge is -2.31. The van der Waals surface area contributed by atoms with Gasteiger partial charge in [0.25, 0.3) is 0 Å². The van der Waals surface area contributed by atoms with Gasteiger partial charge in [-0.25, -0.2) is 0 Å². The first-order valence-electron chi connectivity index (χ1n) is 7.41. The zero-order valence-corrected chi connectivity index (χ0v) is 15.8. The van der Waals surface area contributed by atoms with Gasteiger partial charge in [0.15, 0.2) is 8.32 Å².